The monoisotopic (exact) mass is 291 g/mol. The van der Waals surface area contributed by atoms with E-state index in [4.69, 9.17) is 0 Å². The topological polar surface area (TPSA) is 29.1 Å². The van der Waals surface area contributed by atoms with Crippen LogP contribution in [0, 0.1) is 11.3 Å². The maximum absolute atomic E-state index is 12.2. The minimum atomic E-state index is 0.0355. The van der Waals surface area contributed by atoms with Crippen LogP contribution in [-0.2, 0) is 0 Å². The lowest BCUT2D eigenvalue weighted by Crippen LogP contribution is -2.36. The Balaban J connectivity index is 1.95. The number of hydrogen-bond acceptors (Lipinski definition) is 2. The second kappa shape index (κ2) is 6.66. The first-order valence-corrected chi connectivity index (χ1v) is 8.03. The molecule has 1 aromatic carbocycles. The summed E-state index contributed by atoms with van der Waals surface area (Å²) in [7, 11) is 0. The molecular formula is C17H25NOS. The molecule has 0 aliphatic heterocycles. The Bertz CT molecular complexity index is 447. The lowest BCUT2D eigenvalue weighted by molar-refractivity contribution is 0.0922. The molecule has 0 aromatic heterocycles. The average molecular weight is 291 g/mol. The highest BCUT2D eigenvalue weighted by Crippen LogP contribution is 2.42. The van der Waals surface area contributed by atoms with E-state index in [0.29, 0.717) is 11.3 Å². The van der Waals surface area contributed by atoms with Crippen molar-refractivity contribution in [1.82, 2.24) is 5.32 Å². The fraction of sp³-hybridized carbons (Fsp3) is 0.588. The SMILES string of the molecule is CC(C)CC1(CNC(=O)c2ccc(S)cc2)CCCC1. The van der Waals surface area contributed by atoms with Gasteiger partial charge in [-0.3, -0.25) is 4.79 Å². The molecule has 2 rings (SSSR count). The molecule has 3 heteroatoms. The summed E-state index contributed by atoms with van der Waals surface area (Å²) in [6, 6.07) is 7.39. The minimum absolute atomic E-state index is 0.0355. The molecule has 110 valence electrons. The van der Waals surface area contributed by atoms with Crippen molar-refractivity contribution in [2.75, 3.05) is 6.54 Å². The van der Waals surface area contributed by atoms with Crippen LogP contribution in [0.25, 0.3) is 0 Å². The third-order valence-electron chi connectivity index (χ3n) is 4.26. The molecule has 1 aromatic rings. The third-order valence-corrected chi connectivity index (χ3v) is 4.56. The highest BCUT2D eigenvalue weighted by Gasteiger charge is 2.34. The number of amides is 1. The summed E-state index contributed by atoms with van der Waals surface area (Å²) in [6.45, 7) is 5.35. The highest BCUT2D eigenvalue weighted by molar-refractivity contribution is 7.80. The molecule has 1 N–H and O–H groups in total. The van der Waals surface area contributed by atoms with Crippen LogP contribution in [-0.4, -0.2) is 12.5 Å². The van der Waals surface area contributed by atoms with E-state index in [1.54, 1.807) is 0 Å². The second-order valence-electron chi connectivity index (χ2n) is 6.53. The summed E-state index contributed by atoms with van der Waals surface area (Å²) in [5.74, 6) is 0.724. The van der Waals surface area contributed by atoms with E-state index in [2.05, 4.69) is 31.8 Å². The van der Waals surface area contributed by atoms with Crippen molar-refractivity contribution >= 4 is 18.5 Å². The summed E-state index contributed by atoms with van der Waals surface area (Å²) >= 11 is 4.24. The largest absolute Gasteiger partial charge is 0.351 e. The van der Waals surface area contributed by atoms with Crippen LogP contribution in [0.3, 0.4) is 0 Å². The number of nitrogens with one attached hydrogen (secondary N) is 1. The molecule has 1 aliphatic carbocycles. The van der Waals surface area contributed by atoms with Crippen molar-refractivity contribution in [3.05, 3.63) is 29.8 Å². The van der Waals surface area contributed by atoms with E-state index in [0.717, 1.165) is 17.0 Å². The first-order valence-electron chi connectivity index (χ1n) is 7.58. The molecule has 0 bridgehead atoms. The Morgan fingerprint density at radius 2 is 1.85 bits per heavy atom. The minimum Gasteiger partial charge on any atom is -0.351 e. The molecular weight excluding hydrogens is 266 g/mol. The van der Waals surface area contributed by atoms with Gasteiger partial charge in [-0.2, -0.15) is 0 Å². The number of hydrogen-bond donors (Lipinski definition) is 2. The van der Waals surface area contributed by atoms with Crippen LogP contribution in [0.15, 0.2) is 29.2 Å². The summed E-state index contributed by atoms with van der Waals surface area (Å²) in [6.07, 6.45) is 6.32. The summed E-state index contributed by atoms with van der Waals surface area (Å²) in [4.78, 5) is 13.1. The third kappa shape index (κ3) is 4.02. The number of thiol groups is 1. The van der Waals surface area contributed by atoms with Gasteiger partial charge >= 0.3 is 0 Å². The fourth-order valence-electron chi connectivity index (χ4n) is 3.43. The average Bonchev–Trinajstić information content (AvgIpc) is 2.85. The van der Waals surface area contributed by atoms with Gasteiger partial charge in [-0.15, -0.1) is 12.6 Å². The Morgan fingerprint density at radius 1 is 1.25 bits per heavy atom. The lowest BCUT2D eigenvalue weighted by Gasteiger charge is -2.31. The van der Waals surface area contributed by atoms with Crippen LogP contribution in [0.2, 0.25) is 0 Å². The molecule has 0 spiro atoms. The summed E-state index contributed by atoms with van der Waals surface area (Å²) in [5.41, 5.74) is 1.05. The van der Waals surface area contributed by atoms with Gasteiger partial charge in [0.05, 0.1) is 0 Å². The molecule has 20 heavy (non-hydrogen) atoms. The zero-order valence-electron chi connectivity index (χ0n) is 12.5. The zero-order chi connectivity index (χ0) is 14.6. The number of carbonyl (C=O) groups excluding carboxylic acids is 1. The van der Waals surface area contributed by atoms with E-state index < -0.39 is 0 Å². The first kappa shape index (κ1) is 15.4. The van der Waals surface area contributed by atoms with Gasteiger partial charge in [0.1, 0.15) is 0 Å². The molecule has 1 saturated carbocycles. The van der Waals surface area contributed by atoms with Crippen molar-refractivity contribution in [1.29, 1.82) is 0 Å². The second-order valence-corrected chi connectivity index (χ2v) is 7.05. The standard InChI is InChI=1S/C17H25NOS/c1-13(2)11-17(9-3-4-10-17)12-18-16(19)14-5-7-15(20)8-6-14/h5-8,13,20H,3-4,9-12H2,1-2H3,(H,18,19). The molecule has 2 nitrogen and oxygen atoms in total. The molecule has 1 amide bonds. The van der Waals surface area contributed by atoms with E-state index in [-0.39, 0.29) is 5.91 Å². The number of rotatable bonds is 5. The van der Waals surface area contributed by atoms with E-state index >= 15 is 0 Å². The molecule has 1 aliphatic rings. The molecule has 0 heterocycles. The maximum Gasteiger partial charge on any atom is 0.251 e. The highest BCUT2D eigenvalue weighted by atomic mass is 32.1. The van der Waals surface area contributed by atoms with Crippen molar-refractivity contribution < 1.29 is 4.79 Å². The Labute approximate surface area is 127 Å². The van der Waals surface area contributed by atoms with Crippen LogP contribution >= 0.6 is 12.6 Å². The zero-order valence-corrected chi connectivity index (χ0v) is 13.4. The van der Waals surface area contributed by atoms with Crippen molar-refractivity contribution in [2.24, 2.45) is 11.3 Å². The Hall–Kier alpha value is -0.960. The summed E-state index contributed by atoms with van der Waals surface area (Å²) in [5, 5.41) is 3.14. The number of benzene rings is 1. The summed E-state index contributed by atoms with van der Waals surface area (Å²) < 4.78 is 0. The molecule has 0 radical (unpaired) electrons. The predicted molar refractivity (Wildman–Crippen MR) is 86.4 cm³/mol. The van der Waals surface area contributed by atoms with Gasteiger partial charge in [0, 0.05) is 17.0 Å². The predicted octanol–water partition coefficient (Wildman–Crippen LogP) is 4.31. The van der Waals surface area contributed by atoms with Crippen molar-refractivity contribution in [2.45, 2.75) is 50.8 Å². The quantitative estimate of drug-likeness (QED) is 0.778. The molecule has 0 atom stereocenters. The van der Waals surface area contributed by atoms with E-state index in [9.17, 15) is 4.79 Å². The Kier molecular flexibility index (Phi) is 5.14. The normalized spacial score (nSPS) is 17.4. The van der Waals surface area contributed by atoms with Gasteiger partial charge < -0.3 is 5.32 Å². The Morgan fingerprint density at radius 3 is 2.40 bits per heavy atom. The van der Waals surface area contributed by atoms with Gasteiger partial charge in [-0.05, 0) is 54.9 Å². The number of carbonyl (C=O) groups is 1. The smallest absolute Gasteiger partial charge is 0.251 e. The van der Waals surface area contributed by atoms with Gasteiger partial charge in [-0.1, -0.05) is 26.7 Å². The molecule has 0 unspecified atom stereocenters. The van der Waals surface area contributed by atoms with Crippen LogP contribution < -0.4 is 5.32 Å². The van der Waals surface area contributed by atoms with Gasteiger partial charge in [0.15, 0.2) is 0 Å². The van der Waals surface area contributed by atoms with Crippen molar-refractivity contribution in [3.63, 3.8) is 0 Å². The molecule has 1 fully saturated rings. The lowest BCUT2D eigenvalue weighted by atomic mass is 9.78. The van der Waals surface area contributed by atoms with Crippen molar-refractivity contribution in [3.8, 4) is 0 Å². The van der Waals surface area contributed by atoms with Gasteiger partial charge in [0.25, 0.3) is 5.91 Å². The molecule has 0 saturated heterocycles. The first-order chi connectivity index (χ1) is 9.51. The maximum atomic E-state index is 12.2. The van der Waals surface area contributed by atoms with Gasteiger partial charge in [-0.25, -0.2) is 0 Å². The van der Waals surface area contributed by atoms with Crippen LogP contribution in [0.5, 0.6) is 0 Å². The van der Waals surface area contributed by atoms with Gasteiger partial charge in [0.2, 0.25) is 0 Å². The van der Waals surface area contributed by atoms with Crippen LogP contribution in [0.1, 0.15) is 56.3 Å². The van der Waals surface area contributed by atoms with E-state index in [1.165, 1.54) is 32.1 Å². The fourth-order valence-corrected chi connectivity index (χ4v) is 3.58. The van der Waals surface area contributed by atoms with Crippen LogP contribution in [0.4, 0.5) is 0 Å². The van der Waals surface area contributed by atoms with E-state index in [1.807, 2.05) is 24.3 Å².